The maximum atomic E-state index is 12.0. The maximum Gasteiger partial charge on any atom is 0.244 e. The van der Waals surface area contributed by atoms with Crippen molar-refractivity contribution < 1.29 is 4.79 Å². The summed E-state index contributed by atoms with van der Waals surface area (Å²) in [5.41, 5.74) is 1.83. The number of aromatic nitrogens is 1. The van der Waals surface area contributed by atoms with E-state index in [0.717, 1.165) is 58.7 Å². The van der Waals surface area contributed by atoms with Gasteiger partial charge < -0.3 is 10.2 Å². The van der Waals surface area contributed by atoms with Crippen LogP contribution in [0.5, 0.6) is 0 Å². The predicted molar refractivity (Wildman–Crippen MR) is 127 cm³/mol. The number of benzene rings is 2. The van der Waals surface area contributed by atoms with Crippen LogP contribution in [0, 0.1) is 0 Å². The number of nitrogens with one attached hydrogen (secondary N) is 1. The molecule has 3 aromatic rings. The molecule has 0 radical (unpaired) electrons. The van der Waals surface area contributed by atoms with Crippen molar-refractivity contribution in [2.45, 2.75) is 0 Å². The average Bonchev–Trinajstić information content (AvgIpc) is 3.17. The molecule has 0 spiro atoms. The third-order valence-electron chi connectivity index (χ3n) is 5.03. The number of thiazole rings is 1. The van der Waals surface area contributed by atoms with Crippen molar-refractivity contribution in [1.82, 2.24) is 15.2 Å². The molecule has 5 nitrogen and oxygen atoms in total. The van der Waals surface area contributed by atoms with E-state index in [1.165, 1.54) is 6.08 Å². The van der Waals surface area contributed by atoms with Crippen LogP contribution >= 0.6 is 34.5 Å². The molecule has 1 aromatic heterocycles. The van der Waals surface area contributed by atoms with E-state index in [9.17, 15) is 4.79 Å². The van der Waals surface area contributed by atoms with E-state index in [0.29, 0.717) is 11.6 Å². The highest BCUT2D eigenvalue weighted by molar-refractivity contribution is 7.22. The molecule has 1 saturated heterocycles. The number of nitrogens with zero attached hydrogens (tertiary/aromatic N) is 3. The molecule has 0 aliphatic carbocycles. The SMILES string of the molecule is O=C(/C=C/c1ccccc1Cl)NCCN1CCN(c2nc3ccc(Cl)cc3s2)CC1. The van der Waals surface area contributed by atoms with Gasteiger partial charge in [0.25, 0.3) is 0 Å². The minimum absolute atomic E-state index is 0.110. The van der Waals surface area contributed by atoms with Crippen molar-refractivity contribution in [3.63, 3.8) is 0 Å². The van der Waals surface area contributed by atoms with Gasteiger partial charge in [-0.3, -0.25) is 9.69 Å². The molecule has 30 heavy (non-hydrogen) atoms. The fraction of sp³-hybridized carbons (Fsp3) is 0.273. The van der Waals surface area contributed by atoms with E-state index in [-0.39, 0.29) is 5.91 Å². The second kappa shape index (κ2) is 9.79. The molecule has 4 rings (SSSR count). The number of carbonyl (C=O) groups is 1. The summed E-state index contributed by atoms with van der Waals surface area (Å²) in [7, 11) is 0. The van der Waals surface area contributed by atoms with Crippen molar-refractivity contribution in [3.05, 3.63) is 64.1 Å². The molecule has 0 atom stereocenters. The van der Waals surface area contributed by atoms with Gasteiger partial charge >= 0.3 is 0 Å². The van der Waals surface area contributed by atoms with E-state index in [4.69, 9.17) is 28.2 Å². The molecule has 2 heterocycles. The van der Waals surface area contributed by atoms with Crippen LogP contribution in [0.15, 0.2) is 48.5 Å². The van der Waals surface area contributed by atoms with E-state index in [1.807, 2.05) is 42.5 Å². The topological polar surface area (TPSA) is 48.5 Å². The lowest BCUT2D eigenvalue weighted by atomic mass is 10.2. The third-order valence-corrected chi connectivity index (χ3v) is 6.69. The summed E-state index contributed by atoms with van der Waals surface area (Å²) in [6.45, 7) is 5.19. The molecule has 1 amide bonds. The van der Waals surface area contributed by atoms with Crippen LogP contribution in [-0.4, -0.2) is 55.1 Å². The maximum absolute atomic E-state index is 12.0. The summed E-state index contributed by atoms with van der Waals surface area (Å²) >= 11 is 13.9. The highest BCUT2D eigenvalue weighted by Gasteiger charge is 2.19. The van der Waals surface area contributed by atoms with E-state index in [1.54, 1.807) is 17.4 Å². The Balaban J connectivity index is 1.21. The lowest BCUT2D eigenvalue weighted by molar-refractivity contribution is -0.116. The van der Waals surface area contributed by atoms with Crippen LogP contribution in [0.3, 0.4) is 0 Å². The summed E-state index contributed by atoms with van der Waals surface area (Å²) in [6.07, 6.45) is 3.26. The van der Waals surface area contributed by atoms with E-state index in [2.05, 4.69) is 15.1 Å². The Hall–Kier alpha value is -2.12. The second-order valence-electron chi connectivity index (χ2n) is 7.08. The first kappa shape index (κ1) is 21.1. The Bertz CT molecular complexity index is 1060. The van der Waals surface area contributed by atoms with Gasteiger partial charge in [0.05, 0.1) is 10.2 Å². The molecular weight excluding hydrogens is 439 g/mol. The molecule has 2 aromatic carbocycles. The second-order valence-corrected chi connectivity index (χ2v) is 8.94. The first-order valence-corrected chi connectivity index (χ1v) is 11.4. The third kappa shape index (κ3) is 5.32. The fourth-order valence-electron chi connectivity index (χ4n) is 3.36. The number of anilines is 1. The van der Waals surface area contributed by atoms with Crippen LogP contribution in [0.1, 0.15) is 5.56 Å². The van der Waals surface area contributed by atoms with Crippen LogP contribution in [0.25, 0.3) is 16.3 Å². The number of piperazine rings is 1. The minimum atomic E-state index is -0.110. The van der Waals surface area contributed by atoms with Gasteiger partial charge in [0.1, 0.15) is 0 Å². The number of carbonyl (C=O) groups excluding carboxylic acids is 1. The number of hydrogen-bond donors (Lipinski definition) is 1. The highest BCUT2D eigenvalue weighted by Crippen LogP contribution is 2.31. The van der Waals surface area contributed by atoms with Crippen molar-refractivity contribution >= 4 is 61.9 Å². The Labute approximate surface area is 189 Å². The molecule has 1 aliphatic heterocycles. The zero-order valence-electron chi connectivity index (χ0n) is 16.4. The Kier molecular flexibility index (Phi) is 6.89. The fourth-order valence-corrected chi connectivity index (χ4v) is 4.85. The van der Waals surface area contributed by atoms with Gasteiger partial charge in [0, 0.05) is 55.4 Å². The summed E-state index contributed by atoms with van der Waals surface area (Å²) in [5, 5.41) is 5.36. The summed E-state index contributed by atoms with van der Waals surface area (Å²) in [6, 6.07) is 13.3. The largest absolute Gasteiger partial charge is 0.351 e. The van der Waals surface area contributed by atoms with Gasteiger partial charge in [0.2, 0.25) is 5.91 Å². The number of halogens is 2. The van der Waals surface area contributed by atoms with Gasteiger partial charge in [-0.05, 0) is 35.9 Å². The predicted octanol–water partition coefficient (Wildman–Crippen LogP) is 4.55. The van der Waals surface area contributed by atoms with Crippen molar-refractivity contribution in [1.29, 1.82) is 0 Å². The number of rotatable bonds is 6. The molecule has 1 N–H and O–H groups in total. The Morgan fingerprint density at radius 1 is 1.13 bits per heavy atom. The van der Waals surface area contributed by atoms with Gasteiger partial charge in [-0.25, -0.2) is 4.98 Å². The van der Waals surface area contributed by atoms with Crippen molar-refractivity contribution in [2.24, 2.45) is 0 Å². The lowest BCUT2D eigenvalue weighted by Gasteiger charge is -2.34. The van der Waals surface area contributed by atoms with Crippen molar-refractivity contribution in [2.75, 3.05) is 44.2 Å². The summed E-state index contributed by atoms with van der Waals surface area (Å²) < 4.78 is 1.12. The van der Waals surface area contributed by atoms with Gasteiger partial charge in [0.15, 0.2) is 5.13 Å². The van der Waals surface area contributed by atoms with E-state index < -0.39 is 0 Å². The minimum Gasteiger partial charge on any atom is -0.351 e. The standard InChI is InChI=1S/C22H22Cl2N4OS/c23-17-6-7-19-20(15-17)30-22(26-19)28-13-11-27(12-14-28)10-9-25-21(29)8-5-16-3-1-2-4-18(16)24/h1-8,15H,9-14H2,(H,25,29)/b8-5+. The zero-order chi connectivity index (χ0) is 20.9. The van der Waals surface area contributed by atoms with Crippen LogP contribution in [-0.2, 0) is 4.79 Å². The average molecular weight is 461 g/mol. The summed E-state index contributed by atoms with van der Waals surface area (Å²) in [4.78, 5) is 21.4. The first-order valence-electron chi connectivity index (χ1n) is 9.82. The number of amides is 1. The molecule has 8 heteroatoms. The van der Waals surface area contributed by atoms with Crippen molar-refractivity contribution in [3.8, 4) is 0 Å². The van der Waals surface area contributed by atoms with Crippen LogP contribution < -0.4 is 10.2 Å². The Morgan fingerprint density at radius 3 is 2.73 bits per heavy atom. The number of hydrogen-bond acceptors (Lipinski definition) is 5. The van der Waals surface area contributed by atoms with Crippen LogP contribution in [0.2, 0.25) is 10.0 Å². The molecule has 1 fully saturated rings. The summed E-state index contributed by atoms with van der Waals surface area (Å²) in [5.74, 6) is -0.110. The monoisotopic (exact) mass is 460 g/mol. The smallest absolute Gasteiger partial charge is 0.244 e. The molecule has 156 valence electrons. The molecule has 0 unspecified atom stereocenters. The lowest BCUT2D eigenvalue weighted by Crippen LogP contribution is -2.48. The zero-order valence-corrected chi connectivity index (χ0v) is 18.7. The normalized spacial score (nSPS) is 15.2. The molecular formula is C22H22Cl2N4OS. The van der Waals surface area contributed by atoms with Gasteiger partial charge in [-0.2, -0.15) is 0 Å². The quantitative estimate of drug-likeness (QED) is 0.547. The molecule has 0 bridgehead atoms. The highest BCUT2D eigenvalue weighted by atomic mass is 35.5. The Morgan fingerprint density at radius 2 is 1.93 bits per heavy atom. The van der Waals surface area contributed by atoms with Gasteiger partial charge in [-0.15, -0.1) is 0 Å². The molecule has 0 saturated carbocycles. The van der Waals surface area contributed by atoms with E-state index >= 15 is 0 Å². The first-order chi connectivity index (χ1) is 14.6. The number of fused-ring (bicyclic) bond motifs is 1. The van der Waals surface area contributed by atoms with Crippen LogP contribution in [0.4, 0.5) is 5.13 Å². The van der Waals surface area contributed by atoms with Gasteiger partial charge in [-0.1, -0.05) is 52.7 Å². The molecule has 1 aliphatic rings.